The zero-order valence-electron chi connectivity index (χ0n) is 11.9. The molecule has 20 heavy (non-hydrogen) atoms. The molecule has 1 atom stereocenters. The lowest BCUT2D eigenvalue weighted by molar-refractivity contribution is -0.121. The van der Waals surface area contributed by atoms with Gasteiger partial charge >= 0.3 is 0 Å². The number of nitrogens with zero attached hydrogens (tertiary/aromatic N) is 1. The van der Waals surface area contributed by atoms with Crippen molar-refractivity contribution in [2.45, 2.75) is 32.1 Å². The minimum Gasteiger partial charge on any atom is -0.493 e. The molecule has 0 spiro atoms. The summed E-state index contributed by atoms with van der Waals surface area (Å²) < 4.78 is 11.1. The predicted octanol–water partition coefficient (Wildman–Crippen LogP) is 2.46. The van der Waals surface area contributed by atoms with Crippen molar-refractivity contribution in [3.63, 3.8) is 0 Å². The lowest BCUT2D eigenvalue weighted by Gasteiger charge is -2.18. The van der Waals surface area contributed by atoms with E-state index >= 15 is 0 Å². The van der Waals surface area contributed by atoms with Crippen LogP contribution in [0, 0.1) is 0 Å². The highest BCUT2D eigenvalue weighted by molar-refractivity contribution is 5.86. The number of hydrogen-bond acceptors (Lipinski definition) is 4. The van der Waals surface area contributed by atoms with E-state index in [4.69, 9.17) is 9.47 Å². The minimum atomic E-state index is -0.0678. The summed E-state index contributed by atoms with van der Waals surface area (Å²) in [5.74, 6) is 1.35. The van der Waals surface area contributed by atoms with E-state index in [1.54, 1.807) is 13.3 Å². The van der Waals surface area contributed by atoms with Gasteiger partial charge < -0.3 is 9.47 Å². The van der Waals surface area contributed by atoms with E-state index in [0.29, 0.717) is 18.8 Å². The van der Waals surface area contributed by atoms with Crippen molar-refractivity contribution in [3.8, 4) is 11.5 Å². The molecule has 1 heterocycles. The van der Waals surface area contributed by atoms with E-state index in [-0.39, 0.29) is 11.8 Å². The van der Waals surface area contributed by atoms with E-state index in [1.165, 1.54) is 0 Å². The van der Waals surface area contributed by atoms with Crippen molar-refractivity contribution in [2.24, 2.45) is 5.10 Å². The number of amides is 1. The van der Waals surface area contributed by atoms with Crippen LogP contribution in [0.3, 0.4) is 0 Å². The molecule has 5 nitrogen and oxygen atoms in total. The summed E-state index contributed by atoms with van der Waals surface area (Å²) in [5.41, 5.74) is 3.45. The number of ether oxygens (including phenoxy) is 2. The molecular weight excluding hydrogens is 256 g/mol. The summed E-state index contributed by atoms with van der Waals surface area (Å²) in [7, 11) is 1.62. The fourth-order valence-electron chi connectivity index (χ4n) is 2.06. The average molecular weight is 276 g/mol. The minimum absolute atomic E-state index is 0.0109. The fraction of sp³-hybridized carbons (Fsp3) is 0.467. The molecule has 2 rings (SSSR count). The van der Waals surface area contributed by atoms with E-state index in [2.05, 4.69) is 17.5 Å². The molecule has 1 unspecified atom stereocenters. The second-order valence-corrected chi connectivity index (χ2v) is 4.74. The summed E-state index contributed by atoms with van der Waals surface area (Å²) in [4.78, 5) is 11.4. The van der Waals surface area contributed by atoms with Crippen molar-refractivity contribution in [2.75, 3.05) is 13.7 Å². The third kappa shape index (κ3) is 3.50. The van der Waals surface area contributed by atoms with Crippen LogP contribution in [-0.2, 0) is 4.79 Å². The van der Waals surface area contributed by atoms with E-state index in [9.17, 15) is 4.79 Å². The first-order valence-corrected chi connectivity index (χ1v) is 6.87. The molecule has 0 saturated heterocycles. The van der Waals surface area contributed by atoms with Gasteiger partial charge in [0.15, 0.2) is 11.5 Å². The van der Waals surface area contributed by atoms with Crippen molar-refractivity contribution in [1.29, 1.82) is 0 Å². The van der Waals surface area contributed by atoms with Crippen LogP contribution in [0.2, 0.25) is 0 Å². The SMILES string of the molecule is CCCCOc1cc(C2C=NNC(=O)C2)ccc1OC. The Labute approximate surface area is 119 Å². The maximum atomic E-state index is 11.4. The maximum absolute atomic E-state index is 11.4. The number of carbonyl (C=O) groups excluding carboxylic acids is 1. The summed E-state index contributed by atoms with van der Waals surface area (Å²) in [6.07, 6.45) is 4.24. The van der Waals surface area contributed by atoms with Crippen molar-refractivity contribution < 1.29 is 14.3 Å². The van der Waals surface area contributed by atoms with Gasteiger partial charge in [-0.05, 0) is 24.1 Å². The number of hydrazone groups is 1. The third-order valence-corrected chi connectivity index (χ3v) is 3.22. The van der Waals surface area contributed by atoms with Gasteiger partial charge in [-0.1, -0.05) is 19.4 Å². The number of nitrogens with one attached hydrogen (secondary N) is 1. The van der Waals surface area contributed by atoms with Crippen molar-refractivity contribution in [3.05, 3.63) is 23.8 Å². The quantitative estimate of drug-likeness (QED) is 0.812. The Morgan fingerprint density at radius 1 is 1.40 bits per heavy atom. The first-order valence-electron chi connectivity index (χ1n) is 6.87. The number of hydrogen-bond donors (Lipinski definition) is 1. The first-order chi connectivity index (χ1) is 9.74. The molecule has 108 valence electrons. The Hall–Kier alpha value is -2.04. The van der Waals surface area contributed by atoms with Crippen LogP contribution < -0.4 is 14.9 Å². The summed E-state index contributed by atoms with van der Waals surface area (Å²) >= 11 is 0. The second kappa shape index (κ2) is 6.93. The number of methoxy groups -OCH3 is 1. The van der Waals surface area contributed by atoms with Gasteiger partial charge in [0.1, 0.15) is 0 Å². The standard InChI is InChI=1S/C15H20N2O3/c1-3-4-7-20-14-8-11(5-6-13(14)19-2)12-9-15(18)17-16-10-12/h5-6,8,10,12H,3-4,7,9H2,1-2H3,(H,17,18). The number of benzene rings is 1. The molecular formula is C15H20N2O3. The Kier molecular flexibility index (Phi) is 4.98. The molecule has 1 aliphatic heterocycles. The summed E-state index contributed by atoms with van der Waals surface area (Å²) in [6.45, 7) is 2.78. The van der Waals surface area contributed by atoms with Crippen molar-refractivity contribution in [1.82, 2.24) is 5.43 Å². The van der Waals surface area contributed by atoms with Crippen molar-refractivity contribution >= 4 is 12.1 Å². The van der Waals surface area contributed by atoms with Crippen LogP contribution in [0.4, 0.5) is 0 Å². The molecule has 1 aromatic rings. The second-order valence-electron chi connectivity index (χ2n) is 4.74. The molecule has 0 aromatic heterocycles. The number of carbonyl (C=O) groups is 1. The summed E-state index contributed by atoms with van der Waals surface area (Å²) in [5, 5.41) is 3.87. The van der Waals surface area contributed by atoms with E-state index in [1.807, 2.05) is 18.2 Å². The molecule has 0 bridgehead atoms. The van der Waals surface area contributed by atoms with Gasteiger partial charge in [-0.3, -0.25) is 4.79 Å². The van der Waals surface area contributed by atoms with Crippen LogP contribution in [0.1, 0.15) is 37.7 Å². The molecule has 5 heteroatoms. The van der Waals surface area contributed by atoms with Crippen LogP contribution in [0.15, 0.2) is 23.3 Å². The van der Waals surface area contributed by atoms with Crippen LogP contribution in [0.25, 0.3) is 0 Å². The zero-order valence-corrected chi connectivity index (χ0v) is 11.9. The number of rotatable bonds is 6. The lowest BCUT2D eigenvalue weighted by Crippen LogP contribution is -2.26. The average Bonchev–Trinajstić information content (AvgIpc) is 2.47. The zero-order chi connectivity index (χ0) is 14.4. The molecule has 1 aromatic carbocycles. The van der Waals surface area contributed by atoms with Gasteiger partial charge in [-0.15, -0.1) is 0 Å². The molecule has 1 N–H and O–H groups in total. The van der Waals surface area contributed by atoms with E-state index < -0.39 is 0 Å². The molecule has 0 aliphatic carbocycles. The Balaban J connectivity index is 2.17. The summed E-state index contributed by atoms with van der Waals surface area (Å²) in [6, 6.07) is 5.75. The molecule has 1 aliphatic rings. The van der Waals surface area contributed by atoms with Crippen LogP contribution >= 0.6 is 0 Å². The van der Waals surface area contributed by atoms with Gasteiger partial charge in [0.25, 0.3) is 0 Å². The normalized spacial score (nSPS) is 17.7. The number of unbranched alkanes of at least 4 members (excludes halogenated alkanes) is 1. The maximum Gasteiger partial charge on any atom is 0.241 e. The smallest absolute Gasteiger partial charge is 0.241 e. The Morgan fingerprint density at radius 2 is 2.25 bits per heavy atom. The van der Waals surface area contributed by atoms with Crippen LogP contribution in [-0.4, -0.2) is 25.8 Å². The molecule has 1 amide bonds. The van der Waals surface area contributed by atoms with Gasteiger partial charge in [0, 0.05) is 18.6 Å². The van der Waals surface area contributed by atoms with E-state index in [0.717, 1.165) is 24.2 Å². The Morgan fingerprint density at radius 3 is 2.95 bits per heavy atom. The monoisotopic (exact) mass is 276 g/mol. The third-order valence-electron chi connectivity index (χ3n) is 3.22. The predicted molar refractivity (Wildman–Crippen MR) is 77.4 cm³/mol. The fourth-order valence-corrected chi connectivity index (χ4v) is 2.06. The highest BCUT2D eigenvalue weighted by Gasteiger charge is 2.19. The van der Waals surface area contributed by atoms with Gasteiger partial charge in [0.05, 0.1) is 13.7 Å². The largest absolute Gasteiger partial charge is 0.493 e. The van der Waals surface area contributed by atoms with Gasteiger partial charge in [-0.25, -0.2) is 5.43 Å². The van der Waals surface area contributed by atoms with Crippen LogP contribution in [0.5, 0.6) is 11.5 Å². The molecule has 0 saturated carbocycles. The highest BCUT2D eigenvalue weighted by Crippen LogP contribution is 2.32. The topological polar surface area (TPSA) is 59.9 Å². The lowest BCUT2D eigenvalue weighted by atomic mass is 9.95. The highest BCUT2D eigenvalue weighted by atomic mass is 16.5. The Bertz CT molecular complexity index is 500. The van der Waals surface area contributed by atoms with Gasteiger partial charge in [-0.2, -0.15) is 5.10 Å². The molecule has 0 fully saturated rings. The van der Waals surface area contributed by atoms with Gasteiger partial charge in [0.2, 0.25) is 5.91 Å². The first kappa shape index (κ1) is 14.4. The molecule has 0 radical (unpaired) electrons.